The average molecular weight is 457 g/mol. The summed E-state index contributed by atoms with van der Waals surface area (Å²) in [4.78, 5) is 33.8. The highest BCUT2D eigenvalue weighted by atomic mass is 32.1. The van der Waals surface area contributed by atoms with Crippen LogP contribution in [0.1, 0.15) is 36.3 Å². The van der Waals surface area contributed by atoms with Crippen LogP contribution in [0.2, 0.25) is 0 Å². The summed E-state index contributed by atoms with van der Waals surface area (Å²) in [5, 5.41) is 4.34. The van der Waals surface area contributed by atoms with Crippen molar-refractivity contribution in [3.63, 3.8) is 0 Å². The van der Waals surface area contributed by atoms with E-state index in [0.717, 1.165) is 21.6 Å². The van der Waals surface area contributed by atoms with Gasteiger partial charge in [-0.3, -0.25) is 4.79 Å². The lowest BCUT2D eigenvalue weighted by molar-refractivity contribution is -0.133. The van der Waals surface area contributed by atoms with E-state index in [-0.39, 0.29) is 11.9 Å². The molecular weight excluding hydrogens is 428 g/mol. The molecule has 11 heteroatoms. The van der Waals surface area contributed by atoms with Crippen LogP contribution in [0.25, 0.3) is 10.2 Å². The second-order valence-corrected chi connectivity index (χ2v) is 9.45. The van der Waals surface area contributed by atoms with E-state index in [4.69, 9.17) is 16.2 Å². The minimum absolute atomic E-state index is 0.0304. The maximum absolute atomic E-state index is 13.0. The molecule has 1 unspecified atom stereocenters. The molecule has 170 valence electrons. The first kappa shape index (κ1) is 22.0. The van der Waals surface area contributed by atoms with Crippen LogP contribution in [0.15, 0.2) is 6.33 Å². The first-order valence-corrected chi connectivity index (χ1v) is 11.4. The molecule has 4 rings (SSSR count). The number of amides is 1. The quantitative estimate of drug-likeness (QED) is 0.487. The molecule has 0 spiro atoms. The SMILES string of the molecule is CCN(CC1(C)Cc2c(N)nc(N)nc2O1)C(=O)CCNc1ncnc2sc(C)c(C)c12. The summed E-state index contributed by atoms with van der Waals surface area (Å²) in [5.74, 6) is 1.60. The van der Waals surface area contributed by atoms with Crippen molar-refractivity contribution in [3.05, 3.63) is 22.3 Å². The molecule has 32 heavy (non-hydrogen) atoms. The van der Waals surface area contributed by atoms with E-state index in [2.05, 4.69) is 39.1 Å². The fourth-order valence-electron chi connectivity index (χ4n) is 4.02. The number of hydrogen-bond acceptors (Lipinski definition) is 10. The number of hydrogen-bond donors (Lipinski definition) is 3. The monoisotopic (exact) mass is 456 g/mol. The standard InChI is InChI=1S/C21H28N8O2S/c1-5-29(9-21(4)8-13-16(22)27-20(23)28-18(13)31-21)14(30)6-7-24-17-15-11(2)12(3)32-19(15)26-10-25-17/h10H,5-9H2,1-4H3,(H,24,25,26)(H4,22,23,27,28). The molecule has 1 amide bonds. The van der Waals surface area contributed by atoms with Gasteiger partial charge in [-0.1, -0.05) is 0 Å². The number of ether oxygens (including phenoxy) is 1. The van der Waals surface area contributed by atoms with Crippen LogP contribution >= 0.6 is 11.3 Å². The van der Waals surface area contributed by atoms with Crippen LogP contribution < -0.4 is 21.5 Å². The number of nitrogens with one attached hydrogen (secondary N) is 1. The van der Waals surface area contributed by atoms with E-state index in [0.29, 0.717) is 44.2 Å². The van der Waals surface area contributed by atoms with Crippen molar-refractivity contribution in [1.29, 1.82) is 0 Å². The molecule has 0 saturated carbocycles. The predicted molar refractivity (Wildman–Crippen MR) is 126 cm³/mol. The lowest BCUT2D eigenvalue weighted by Gasteiger charge is -2.31. The van der Waals surface area contributed by atoms with Gasteiger partial charge in [-0.15, -0.1) is 11.3 Å². The van der Waals surface area contributed by atoms with Crippen molar-refractivity contribution >= 4 is 45.0 Å². The summed E-state index contributed by atoms with van der Waals surface area (Å²) in [6, 6.07) is 0. The molecule has 5 N–H and O–H groups in total. The molecular formula is C21H28N8O2S. The number of anilines is 3. The summed E-state index contributed by atoms with van der Waals surface area (Å²) in [7, 11) is 0. The third kappa shape index (κ3) is 4.12. The molecule has 1 aliphatic rings. The lowest BCUT2D eigenvalue weighted by Crippen LogP contribution is -2.47. The predicted octanol–water partition coefficient (Wildman–Crippen LogP) is 2.31. The summed E-state index contributed by atoms with van der Waals surface area (Å²) < 4.78 is 6.04. The van der Waals surface area contributed by atoms with Crippen LogP contribution in [0.3, 0.4) is 0 Å². The van der Waals surface area contributed by atoms with Gasteiger partial charge in [0.25, 0.3) is 0 Å². The topological polar surface area (TPSA) is 145 Å². The Labute approximate surface area is 190 Å². The molecule has 1 atom stereocenters. The van der Waals surface area contributed by atoms with Gasteiger partial charge in [0.15, 0.2) is 0 Å². The van der Waals surface area contributed by atoms with Gasteiger partial charge in [-0.05, 0) is 33.3 Å². The molecule has 3 aromatic rings. The van der Waals surface area contributed by atoms with Gasteiger partial charge in [-0.2, -0.15) is 9.97 Å². The number of likely N-dealkylation sites (N-methyl/N-ethyl adjacent to an activating group) is 1. The second kappa shape index (κ2) is 8.38. The number of nitrogen functional groups attached to an aromatic ring is 2. The van der Waals surface area contributed by atoms with Gasteiger partial charge in [0.1, 0.15) is 28.4 Å². The highest BCUT2D eigenvalue weighted by Gasteiger charge is 2.40. The number of nitrogens with zero attached hydrogens (tertiary/aromatic N) is 5. The van der Waals surface area contributed by atoms with E-state index >= 15 is 0 Å². The number of fused-ring (bicyclic) bond motifs is 2. The third-order valence-corrected chi connectivity index (χ3v) is 6.88. The average Bonchev–Trinajstić information content (AvgIpc) is 3.22. The van der Waals surface area contributed by atoms with Crippen molar-refractivity contribution in [1.82, 2.24) is 24.8 Å². The van der Waals surface area contributed by atoms with Crippen molar-refractivity contribution in [2.24, 2.45) is 0 Å². The summed E-state index contributed by atoms with van der Waals surface area (Å²) in [6.07, 6.45) is 2.41. The Hall–Kier alpha value is -3.21. The maximum Gasteiger partial charge on any atom is 0.225 e. The Morgan fingerprint density at radius 2 is 2.09 bits per heavy atom. The largest absolute Gasteiger partial charge is 0.469 e. The van der Waals surface area contributed by atoms with E-state index in [1.54, 1.807) is 22.6 Å². The summed E-state index contributed by atoms with van der Waals surface area (Å²) >= 11 is 1.65. The molecule has 0 aromatic carbocycles. The Morgan fingerprint density at radius 1 is 1.31 bits per heavy atom. The first-order chi connectivity index (χ1) is 15.2. The summed E-state index contributed by atoms with van der Waals surface area (Å²) in [5.41, 5.74) is 12.9. The number of nitrogens with two attached hydrogens (primary N) is 2. The summed E-state index contributed by atoms with van der Waals surface area (Å²) in [6.45, 7) is 9.49. The van der Waals surface area contributed by atoms with Gasteiger partial charge in [0.05, 0.1) is 17.5 Å². The molecule has 0 aliphatic carbocycles. The molecule has 0 bridgehead atoms. The maximum atomic E-state index is 13.0. The number of aromatic nitrogens is 4. The van der Waals surface area contributed by atoms with Crippen LogP contribution in [-0.4, -0.2) is 56.0 Å². The van der Waals surface area contributed by atoms with Crippen molar-refractivity contribution in [2.45, 2.75) is 46.1 Å². The van der Waals surface area contributed by atoms with E-state index < -0.39 is 5.60 Å². The van der Waals surface area contributed by atoms with Gasteiger partial charge < -0.3 is 26.4 Å². The highest BCUT2D eigenvalue weighted by molar-refractivity contribution is 7.18. The highest BCUT2D eigenvalue weighted by Crippen LogP contribution is 2.37. The normalized spacial score (nSPS) is 17.2. The van der Waals surface area contributed by atoms with E-state index in [1.165, 1.54) is 10.4 Å². The second-order valence-electron chi connectivity index (χ2n) is 8.25. The lowest BCUT2D eigenvalue weighted by atomic mass is 9.99. The fraction of sp³-hybridized carbons (Fsp3) is 0.476. The van der Waals surface area contributed by atoms with Crippen molar-refractivity contribution < 1.29 is 9.53 Å². The first-order valence-electron chi connectivity index (χ1n) is 10.5. The molecule has 0 fully saturated rings. The van der Waals surface area contributed by atoms with Crippen LogP contribution in [-0.2, 0) is 11.2 Å². The van der Waals surface area contributed by atoms with Gasteiger partial charge in [0, 0.05) is 30.8 Å². The van der Waals surface area contributed by atoms with E-state index in [1.807, 2.05) is 13.8 Å². The zero-order valence-electron chi connectivity index (χ0n) is 18.7. The van der Waals surface area contributed by atoms with Crippen LogP contribution in [0.4, 0.5) is 17.6 Å². The van der Waals surface area contributed by atoms with Gasteiger partial charge in [0.2, 0.25) is 17.7 Å². The smallest absolute Gasteiger partial charge is 0.225 e. The van der Waals surface area contributed by atoms with Crippen LogP contribution in [0.5, 0.6) is 5.88 Å². The van der Waals surface area contributed by atoms with E-state index in [9.17, 15) is 4.79 Å². The van der Waals surface area contributed by atoms with Crippen LogP contribution in [0, 0.1) is 13.8 Å². The Bertz CT molecular complexity index is 1180. The molecule has 0 saturated heterocycles. The van der Waals surface area contributed by atoms with Crippen molar-refractivity contribution in [2.75, 3.05) is 36.4 Å². The fourth-order valence-corrected chi connectivity index (χ4v) is 5.02. The molecule has 3 aromatic heterocycles. The van der Waals surface area contributed by atoms with Crippen molar-refractivity contribution in [3.8, 4) is 5.88 Å². The molecule has 4 heterocycles. The number of carbonyl (C=O) groups excluding carboxylic acids is 1. The molecule has 1 aliphatic heterocycles. The number of rotatable bonds is 7. The zero-order valence-corrected chi connectivity index (χ0v) is 19.5. The number of thiophene rings is 1. The minimum Gasteiger partial charge on any atom is -0.469 e. The Kier molecular flexibility index (Phi) is 5.76. The molecule has 10 nitrogen and oxygen atoms in total. The zero-order chi connectivity index (χ0) is 23.0. The number of aryl methyl sites for hydroxylation is 2. The third-order valence-electron chi connectivity index (χ3n) is 5.77. The molecule has 0 radical (unpaired) electrons. The Balaban J connectivity index is 1.39. The Morgan fingerprint density at radius 3 is 2.84 bits per heavy atom. The van der Waals surface area contributed by atoms with Gasteiger partial charge in [-0.25, -0.2) is 9.97 Å². The van der Waals surface area contributed by atoms with Gasteiger partial charge >= 0.3 is 0 Å². The number of carbonyl (C=O) groups is 1. The minimum atomic E-state index is -0.637.